The lowest BCUT2D eigenvalue weighted by Crippen LogP contribution is -2.34. The van der Waals surface area contributed by atoms with Gasteiger partial charge in [0.15, 0.2) is 0 Å². The van der Waals surface area contributed by atoms with Crippen molar-refractivity contribution in [3.63, 3.8) is 0 Å². The van der Waals surface area contributed by atoms with E-state index in [4.69, 9.17) is 0 Å². The fraction of sp³-hybridized carbons (Fsp3) is 0.724. The zero-order valence-corrected chi connectivity index (χ0v) is 23.6. The molecule has 2 rings (SSSR count). The number of rotatable bonds is 7. The summed E-state index contributed by atoms with van der Waals surface area (Å²) >= 11 is 0. The van der Waals surface area contributed by atoms with Gasteiger partial charge in [0.25, 0.3) is 0 Å². The van der Waals surface area contributed by atoms with Crippen LogP contribution in [0.2, 0.25) is 0 Å². The zero-order valence-electron chi connectivity index (χ0n) is 23.6. The summed E-state index contributed by atoms with van der Waals surface area (Å²) in [4.78, 5) is 15.4. The van der Waals surface area contributed by atoms with E-state index in [-0.39, 0.29) is 12.2 Å². The number of hydrogen-bond donors (Lipinski definition) is 1. The van der Waals surface area contributed by atoms with Crippen molar-refractivity contribution in [3.8, 4) is 0 Å². The molecule has 0 saturated heterocycles. The van der Waals surface area contributed by atoms with Crippen LogP contribution in [0.1, 0.15) is 118 Å². The van der Waals surface area contributed by atoms with E-state index in [1.807, 2.05) is 25.1 Å². The maximum Gasteiger partial charge on any atom is 0.394 e. The Hall–Kier alpha value is -1.69. The summed E-state index contributed by atoms with van der Waals surface area (Å²) in [6, 6.07) is 5.95. The van der Waals surface area contributed by atoms with Crippen molar-refractivity contribution in [2.45, 2.75) is 126 Å². The second kappa shape index (κ2) is 13.6. The highest BCUT2D eigenvalue weighted by atomic mass is 19.4. The number of hydrogen-bond acceptors (Lipinski definition) is 3. The van der Waals surface area contributed by atoms with E-state index in [1.165, 1.54) is 19.3 Å². The molecule has 0 amide bonds. The van der Waals surface area contributed by atoms with Crippen LogP contribution in [0.25, 0.3) is 0 Å². The van der Waals surface area contributed by atoms with Crippen molar-refractivity contribution in [2.24, 2.45) is 15.8 Å². The number of aliphatic hydroxyl groups is 1. The van der Waals surface area contributed by atoms with Gasteiger partial charge in [-0.3, -0.25) is 9.79 Å². The smallest absolute Gasteiger partial charge is 0.386 e. The number of benzene rings is 1. The predicted octanol–water partition coefficient (Wildman–Crippen LogP) is 9.26. The molecular weight excluding hydrogens is 451 g/mol. The molecular formula is C29H48F3NO2. The van der Waals surface area contributed by atoms with Crippen LogP contribution in [-0.2, 0) is 10.4 Å². The minimum absolute atomic E-state index is 0.166. The molecule has 1 saturated carbocycles. The lowest BCUT2D eigenvalue weighted by Gasteiger charge is -2.33. The summed E-state index contributed by atoms with van der Waals surface area (Å²) in [5, 5.41) is 9.93. The van der Waals surface area contributed by atoms with Crippen molar-refractivity contribution in [1.82, 2.24) is 0 Å². The van der Waals surface area contributed by atoms with Crippen LogP contribution in [0.3, 0.4) is 0 Å². The highest BCUT2D eigenvalue weighted by Gasteiger charge is 2.47. The molecule has 35 heavy (non-hydrogen) atoms. The van der Waals surface area contributed by atoms with Crippen molar-refractivity contribution in [3.05, 3.63) is 29.3 Å². The number of Topliss-reactive ketones (excluding diaryl/α,β-unsaturated/α-hetero) is 1. The molecule has 1 aromatic rings. The molecule has 1 aliphatic carbocycles. The summed E-state index contributed by atoms with van der Waals surface area (Å²) in [5.41, 5.74) is 2.25. The summed E-state index contributed by atoms with van der Waals surface area (Å²) < 4.78 is 36.5. The molecule has 202 valence electrons. The first-order chi connectivity index (χ1) is 15.8. The first-order valence-corrected chi connectivity index (χ1v) is 12.7. The molecule has 0 aliphatic heterocycles. The average Bonchev–Trinajstić information content (AvgIpc) is 2.67. The SMILES string of the molecule is CC1(C)CCC1.CCC(=O)CC(C)(C)C(F)(F)F.CCCC(C)=Nc1ccc(C(C)(C)O)cc1C. The van der Waals surface area contributed by atoms with Gasteiger partial charge in [-0.2, -0.15) is 13.2 Å². The molecule has 1 fully saturated rings. The Morgan fingerprint density at radius 1 is 1.09 bits per heavy atom. The van der Waals surface area contributed by atoms with Crippen molar-refractivity contribution in [2.75, 3.05) is 0 Å². The monoisotopic (exact) mass is 499 g/mol. The van der Waals surface area contributed by atoms with Gasteiger partial charge < -0.3 is 5.11 Å². The third kappa shape index (κ3) is 12.7. The summed E-state index contributed by atoms with van der Waals surface area (Å²) in [6.45, 7) is 18.2. The van der Waals surface area contributed by atoms with Gasteiger partial charge in [-0.25, -0.2) is 0 Å². The van der Waals surface area contributed by atoms with Crippen LogP contribution >= 0.6 is 0 Å². The molecule has 3 nitrogen and oxygen atoms in total. The topological polar surface area (TPSA) is 49.7 Å². The standard InChI is InChI=1S/C15H23NO.C8H13F3O.C6H12/c1-6-7-12(3)16-14-9-8-13(10-11(14)2)15(4,5)17;1-4-6(12)5-7(2,3)8(9,10)11;1-6(2)4-3-5-6/h8-10,17H,6-7H2,1-5H3;4-5H2,1-3H3;3-5H2,1-2H3. The van der Waals surface area contributed by atoms with Gasteiger partial charge in [-0.15, -0.1) is 0 Å². The summed E-state index contributed by atoms with van der Waals surface area (Å²) in [6.07, 6.45) is 1.97. The molecule has 0 unspecified atom stereocenters. The second-order valence-electron chi connectivity index (χ2n) is 11.6. The molecule has 6 heteroatoms. The molecule has 1 aromatic carbocycles. The molecule has 1 N–H and O–H groups in total. The minimum atomic E-state index is -4.29. The third-order valence-corrected chi connectivity index (χ3v) is 6.33. The summed E-state index contributed by atoms with van der Waals surface area (Å²) in [5.74, 6) is -0.350. The van der Waals surface area contributed by atoms with E-state index in [0.717, 1.165) is 54.6 Å². The van der Waals surface area contributed by atoms with Crippen LogP contribution in [0.5, 0.6) is 0 Å². The van der Waals surface area contributed by atoms with Gasteiger partial charge in [0, 0.05) is 18.6 Å². The fourth-order valence-corrected chi connectivity index (χ4v) is 3.39. The van der Waals surface area contributed by atoms with Crippen molar-refractivity contribution < 1.29 is 23.1 Å². The molecule has 1 aliphatic rings. The lowest BCUT2D eigenvalue weighted by atomic mass is 9.72. The highest BCUT2D eigenvalue weighted by molar-refractivity contribution is 5.84. The quantitative estimate of drug-likeness (QED) is 0.380. The van der Waals surface area contributed by atoms with Crippen LogP contribution in [0.4, 0.5) is 18.9 Å². The number of halogens is 3. The largest absolute Gasteiger partial charge is 0.394 e. The van der Waals surface area contributed by atoms with E-state index in [9.17, 15) is 23.1 Å². The number of carbonyl (C=O) groups is 1. The van der Waals surface area contributed by atoms with E-state index >= 15 is 0 Å². The highest BCUT2D eigenvalue weighted by Crippen LogP contribution is 2.40. The second-order valence-corrected chi connectivity index (χ2v) is 11.6. The van der Waals surface area contributed by atoms with Crippen LogP contribution < -0.4 is 0 Å². The zero-order chi connectivity index (χ0) is 27.7. The Kier molecular flexibility index (Phi) is 12.9. The van der Waals surface area contributed by atoms with Crippen molar-refractivity contribution >= 4 is 17.2 Å². The van der Waals surface area contributed by atoms with Crippen LogP contribution in [0.15, 0.2) is 23.2 Å². The maximum absolute atomic E-state index is 12.2. The number of carbonyl (C=O) groups excluding carboxylic acids is 1. The van der Waals surface area contributed by atoms with Crippen LogP contribution in [0, 0.1) is 17.8 Å². The van der Waals surface area contributed by atoms with Gasteiger partial charge in [-0.05, 0) is 69.6 Å². The first-order valence-electron chi connectivity index (χ1n) is 12.7. The van der Waals surface area contributed by atoms with E-state index in [1.54, 1.807) is 20.8 Å². The van der Waals surface area contributed by atoms with Crippen LogP contribution in [-0.4, -0.2) is 22.8 Å². The number of aryl methyl sites for hydroxylation is 1. The third-order valence-electron chi connectivity index (χ3n) is 6.33. The van der Waals surface area contributed by atoms with Gasteiger partial charge >= 0.3 is 6.18 Å². The van der Waals surface area contributed by atoms with Gasteiger partial charge in [0.1, 0.15) is 5.78 Å². The summed E-state index contributed by atoms with van der Waals surface area (Å²) in [7, 11) is 0. The minimum Gasteiger partial charge on any atom is -0.386 e. The Bertz CT molecular complexity index is 825. The van der Waals surface area contributed by atoms with Crippen molar-refractivity contribution in [1.29, 1.82) is 0 Å². The Labute approximate surface area is 211 Å². The first kappa shape index (κ1) is 33.3. The molecule has 0 spiro atoms. The maximum atomic E-state index is 12.2. The Morgan fingerprint density at radius 2 is 1.60 bits per heavy atom. The number of alkyl halides is 3. The normalized spacial score (nSPS) is 15.8. The van der Waals surface area contributed by atoms with E-state index in [2.05, 4.69) is 32.7 Å². The van der Waals surface area contributed by atoms with Gasteiger partial charge in [0.05, 0.1) is 16.7 Å². The van der Waals surface area contributed by atoms with E-state index < -0.39 is 23.6 Å². The van der Waals surface area contributed by atoms with Gasteiger partial charge in [-0.1, -0.05) is 66.5 Å². The molecule has 0 heterocycles. The Balaban J connectivity index is 0.000000554. The molecule has 0 aromatic heterocycles. The predicted molar refractivity (Wildman–Crippen MR) is 141 cm³/mol. The fourth-order valence-electron chi connectivity index (χ4n) is 3.39. The number of ketones is 1. The number of nitrogens with zero attached hydrogens (tertiary/aromatic N) is 1. The Morgan fingerprint density at radius 3 is 1.91 bits per heavy atom. The molecule has 0 radical (unpaired) electrons. The lowest BCUT2D eigenvalue weighted by molar-refractivity contribution is -0.213. The molecule has 0 bridgehead atoms. The van der Waals surface area contributed by atoms with Gasteiger partial charge in [0.2, 0.25) is 0 Å². The number of aliphatic imine (C=N–C) groups is 1. The van der Waals surface area contributed by atoms with E-state index in [0.29, 0.717) is 0 Å². The average molecular weight is 500 g/mol. The molecule has 0 atom stereocenters.